The van der Waals surface area contributed by atoms with E-state index in [-0.39, 0.29) is 17.2 Å². The van der Waals surface area contributed by atoms with E-state index >= 15 is 0 Å². The van der Waals surface area contributed by atoms with Crippen molar-refractivity contribution in [3.63, 3.8) is 0 Å². The summed E-state index contributed by atoms with van der Waals surface area (Å²) >= 11 is 0. The lowest BCUT2D eigenvalue weighted by molar-refractivity contribution is -0.384. The van der Waals surface area contributed by atoms with E-state index in [9.17, 15) is 19.7 Å². The summed E-state index contributed by atoms with van der Waals surface area (Å²) in [5.41, 5.74) is 2.04. The summed E-state index contributed by atoms with van der Waals surface area (Å²) in [6.07, 6.45) is 1.69. The third-order valence-corrected chi connectivity index (χ3v) is 5.17. The Bertz CT molecular complexity index is 921. The highest BCUT2D eigenvalue weighted by Crippen LogP contribution is 2.38. The average molecular weight is 339 g/mol. The third-order valence-electron chi connectivity index (χ3n) is 5.17. The van der Waals surface area contributed by atoms with Gasteiger partial charge in [0.2, 0.25) is 0 Å². The van der Waals surface area contributed by atoms with Crippen LogP contribution in [0, 0.1) is 16.0 Å². The summed E-state index contributed by atoms with van der Waals surface area (Å²) in [5.74, 6) is 0.539. The number of aldehydes is 1. The molecule has 1 aromatic heterocycles. The molecule has 7 heteroatoms. The fraction of sp³-hybridized carbons (Fsp3) is 0.333. The number of hydrogen-bond donors (Lipinski definition) is 0. The molecule has 128 valence electrons. The van der Waals surface area contributed by atoms with Crippen molar-refractivity contribution in [2.24, 2.45) is 5.92 Å². The van der Waals surface area contributed by atoms with Crippen LogP contribution in [-0.4, -0.2) is 28.9 Å². The minimum absolute atomic E-state index is 0.0320. The quantitative estimate of drug-likeness (QED) is 0.486. The number of piperidine rings is 1. The van der Waals surface area contributed by atoms with Crippen LogP contribution in [0.3, 0.4) is 0 Å². The number of non-ortho nitro benzene ring substituents is 1. The minimum atomic E-state index is -0.496. The molecule has 3 heterocycles. The molecule has 2 atom stereocenters. The molecule has 1 fully saturated rings. The first-order valence-corrected chi connectivity index (χ1v) is 8.25. The van der Waals surface area contributed by atoms with Gasteiger partial charge in [-0.15, -0.1) is 0 Å². The van der Waals surface area contributed by atoms with Crippen LogP contribution in [0.1, 0.15) is 28.4 Å². The summed E-state index contributed by atoms with van der Waals surface area (Å²) in [6, 6.07) is 9.78. The molecule has 25 heavy (non-hydrogen) atoms. The van der Waals surface area contributed by atoms with Crippen molar-refractivity contribution in [1.82, 2.24) is 4.57 Å². The van der Waals surface area contributed by atoms with Gasteiger partial charge in [0.05, 0.1) is 4.92 Å². The highest BCUT2D eigenvalue weighted by atomic mass is 16.6. The van der Waals surface area contributed by atoms with Gasteiger partial charge in [-0.2, -0.15) is 0 Å². The maximum Gasteiger partial charge on any atom is 0.270 e. The van der Waals surface area contributed by atoms with Gasteiger partial charge < -0.3 is 9.47 Å². The molecule has 1 saturated heterocycles. The zero-order valence-electron chi connectivity index (χ0n) is 13.5. The van der Waals surface area contributed by atoms with Gasteiger partial charge in [0.1, 0.15) is 0 Å². The van der Waals surface area contributed by atoms with Crippen LogP contribution < -0.4 is 10.5 Å². The van der Waals surface area contributed by atoms with E-state index in [1.165, 1.54) is 12.1 Å². The van der Waals surface area contributed by atoms with E-state index in [1.54, 1.807) is 18.2 Å². The fourth-order valence-electron chi connectivity index (χ4n) is 4.13. The van der Waals surface area contributed by atoms with Gasteiger partial charge in [0.25, 0.3) is 11.2 Å². The van der Waals surface area contributed by atoms with Crippen molar-refractivity contribution in [2.75, 3.05) is 18.0 Å². The second-order valence-corrected chi connectivity index (χ2v) is 6.72. The Balaban J connectivity index is 1.70. The first kappa shape index (κ1) is 15.6. The van der Waals surface area contributed by atoms with Gasteiger partial charge >= 0.3 is 0 Å². The molecule has 7 nitrogen and oxygen atoms in total. The minimum Gasteiger partial charge on any atom is -0.370 e. The number of nitro groups is 1. The van der Waals surface area contributed by atoms with Crippen LogP contribution in [0.2, 0.25) is 0 Å². The van der Waals surface area contributed by atoms with Crippen LogP contribution in [0.15, 0.2) is 41.2 Å². The Morgan fingerprint density at radius 1 is 1.16 bits per heavy atom. The van der Waals surface area contributed by atoms with Crippen molar-refractivity contribution in [3.8, 4) is 0 Å². The predicted octanol–water partition coefficient (Wildman–Crippen LogP) is 2.19. The Hall–Kier alpha value is -2.96. The number of carbonyl (C=O) groups excluding carboxylic acids is 1. The molecule has 2 aliphatic rings. The summed E-state index contributed by atoms with van der Waals surface area (Å²) < 4.78 is 1.85. The zero-order valence-corrected chi connectivity index (χ0v) is 13.5. The summed E-state index contributed by atoms with van der Waals surface area (Å²) in [5, 5.41) is 10.9. The van der Waals surface area contributed by atoms with E-state index in [4.69, 9.17) is 0 Å². The molecule has 0 spiro atoms. The van der Waals surface area contributed by atoms with E-state index in [2.05, 4.69) is 4.90 Å². The standard InChI is InChI=1S/C18H17N3O4/c22-11-14-7-15(21(24)25)4-5-16(14)19-8-12-6-13(10-19)17-2-1-3-18(23)20(17)9-12/h1-5,7,11-13H,6,8-10H2/t12-,13+/m1/s1. The number of nitrogens with zero attached hydrogens (tertiary/aromatic N) is 3. The van der Waals surface area contributed by atoms with E-state index in [1.807, 2.05) is 10.6 Å². The van der Waals surface area contributed by atoms with Gasteiger partial charge in [-0.1, -0.05) is 6.07 Å². The highest BCUT2D eigenvalue weighted by Gasteiger charge is 2.35. The van der Waals surface area contributed by atoms with Gasteiger partial charge in [0.15, 0.2) is 6.29 Å². The van der Waals surface area contributed by atoms with Crippen molar-refractivity contribution < 1.29 is 9.72 Å². The average Bonchev–Trinajstić information content (AvgIpc) is 2.62. The molecule has 0 N–H and O–H groups in total. The van der Waals surface area contributed by atoms with Gasteiger partial charge in [-0.25, -0.2) is 0 Å². The Kier molecular flexibility index (Phi) is 3.63. The number of rotatable bonds is 3. The van der Waals surface area contributed by atoms with Crippen molar-refractivity contribution in [2.45, 2.75) is 18.9 Å². The van der Waals surface area contributed by atoms with Crippen LogP contribution in [-0.2, 0) is 6.54 Å². The third kappa shape index (κ3) is 2.61. The number of pyridine rings is 1. The van der Waals surface area contributed by atoms with Crippen molar-refractivity contribution in [3.05, 3.63) is 68.1 Å². The van der Waals surface area contributed by atoms with E-state index < -0.39 is 4.92 Å². The SMILES string of the molecule is O=Cc1cc([N+](=O)[O-])ccc1N1C[C@H]2C[C@@H](C1)c1cccc(=O)n1C2. The number of hydrogen-bond acceptors (Lipinski definition) is 5. The fourth-order valence-corrected chi connectivity index (χ4v) is 4.13. The van der Waals surface area contributed by atoms with E-state index in [0.29, 0.717) is 30.9 Å². The molecular weight excluding hydrogens is 322 g/mol. The lowest BCUT2D eigenvalue weighted by atomic mass is 9.82. The van der Waals surface area contributed by atoms with Crippen LogP contribution in [0.5, 0.6) is 0 Å². The van der Waals surface area contributed by atoms with Crippen LogP contribution in [0.25, 0.3) is 0 Å². The second-order valence-electron chi connectivity index (χ2n) is 6.72. The molecular formula is C18H17N3O4. The smallest absolute Gasteiger partial charge is 0.270 e. The Labute approximate surface area is 143 Å². The van der Waals surface area contributed by atoms with Crippen LogP contribution >= 0.6 is 0 Å². The topological polar surface area (TPSA) is 85.4 Å². The zero-order chi connectivity index (χ0) is 17.6. The molecule has 4 rings (SSSR count). The molecule has 0 saturated carbocycles. The van der Waals surface area contributed by atoms with Crippen molar-refractivity contribution >= 4 is 17.7 Å². The molecule has 0 aliphatic carbocycles. The second kappa shape index (κ2) is 5.84. The largest absolute Gasteiger partial charge is 0.370 e. The summed E-state index contributed by atoms with van der Waals surface area (Å²) in [4.78, 5) is 36.1. The van der Waals surface area contributed by atoms with Gasteiger partial charge in [-0.05, 0) is 24.5 Å². The first-order chi connectivity index (χ1) is 12.1. The monoisotopic (exact) mass is 339 g/mol. The Morgan fingerprint density at radius 2 is 2.00 bits per heavy atom. The maximum atomic E-state index is 12.1. The van der Waals surface area contributed by atoms with Gasteiger partial charge in [-0.3, -0.25) is 19.7 Å². The molecule has 0 amide bonds. The number of nitro benzene ring substituents is 1. The molecule has 0 unspecified atom stereocenters. The van der Waals surface area contributed by atoms with Gasteiger partial charge in [0, 0.05) is 60.7 Å². The summed E-state index contributed by atoms with van der Waals surface area (Å²) in [6.45, 7) is 2.10. The predicted molar refractivity (Wildman–Crippen MR) is 92.2 cm³/mol. The lowest BCUT2D eigenvalue weighted by Crippen LogP contribution is -2.47. The van der Waals surface area contributed by atoms with E-state index in [0.717, 1.165) is 24.3 Å². The molecule has 2 aliphatic heterocycles. The van der Waals surface area contributed by atoms with Crippen molar-refractivity contribution in [1.29, 1.82) is 0 Å². The van der Waals surface area contributed by atoms with Crippen LogP contribution in [0.4, 0.5) is 11.4 Å². The summed E-state index contributed by atoms with van der Waals surface area (Å²) in [7, 11) is 0. The molecule has 2 bridgehead atoms. The number of benzene rings is 1. The Morgan fingerprint density at radius 3 is 2.76 bits per heavy atom. The number of carbonyl (C=O) groups is 1. The first-order valence-electron chi connectivity index (χ1n) is 8.25. The highest BCUT2D eigenvalue weighted by molar-refractivity contribution is 5.86. The molecule has 0 radical (unpaired) electrons. The normalized spacial score (nSPS) is 21.5. The molecule has 1 aromatic carbocycles. The number of aromatic nitrogens is 1. The number of fused-ring (bicyclic) bond motifs is 4. The lowest BCUT2D eigenvalue weighted by Gasteiger charge is -2.44. The number of anilines is 1. The molecule has 2 aromatic rings. The maximum absolute atomic E-state index is 12.1.